The van der Waals surface area contributed by atoms with E-state index in [1.54, 1.807) is 0 Å². The fourth-order valence-electron chi connectivity index (χ4n) is 2.14. The van der Waals surface area contributed by atoms with Crippen molar-refractivity contribution in [2.45, 2.75) is 12.8 Å². The van der Waals surface area contributed by atoms with Gasteiger partial charge in [-0.25, -0.2) is 4.98 Å². The van der Waals surface area contributed by atoms with E-state index in [9.17, 15) is 0 Å². The zero-order valence-electron chi connectivity index (χ0n) is 9.56. The fourth-order valence-corrected chi connectivity index (χ4v) is 2.14. The maximum Gasteiger partial charge on any atom is 0.137 e. The summed E-state index contributed by atoms with van der Waals surface area (Å²) < 4.78 is 0. The van der Waals surface area contributed by atoms with Crippen LogP contribution in [0, 0.1) is 0 Å². The molecule has 2 heteroatoms. The van der Waals surface area contributed by atoms with Gasteiger partial charge < -0.3 is 4.98 Å². The molecule has 0 saturated carbocycles. The van der Waals surface area contributed by atoms with Crippen LogP contribution in [0.5, 0.6) is 0 Å². The molecule has 0 aliphatic rings. The summed E-state index contributed by atoms with van der Waals surface area (Å²) in [5.74, 6) is 0. The summed E-state index contributed by atoms with van der Waals surface area (Å²) in [6.07, 6.45) is 6.01. The van der Waals surface area contributed by atoms with Crippen molar-refractivity contribution < 1.29 is 0 Å². The molecule has 1 N–H and O–H groups in total. The van der Waals surface area contributed by atoms with Gasteiger partial charge in [0.1, 0.15) is 5.65 Å². The van der Waals surface area contributed by atoms with E-state index in [1.165, 1.54) is 16.5 Å². The van der Waals surface area contributed by atoms with Crippen molar-refractivity contribution in [3.05, 3.63) is 66.0 Å². The lowest BCUT2D eigenvalue weighted by atomic mass is 10.0. The minimum atomic E-state index is 0.982. The van der Waals surface area contributed by atoms with Gasteiger partial charge in [0.05, 0.1) is 0 Å². The van der Waals surface area contributed by atoms with Gasteiger partial charge in [-0.2, -0.15) is 0 Å². The molecule has 17 heavy (non-hydrogen) atoms. The lowest BCUT2D eigenvalue weighted by molar-refractivity contribution is 0.968. The zero-order valence-corrected chi connectivity index (χ0v) is 9.56. The monoisotopic (exact) mass is 222 g/mol. The first-order chi connectivity index (χ1) is 8.43. The number of aromatic nitrogens is 2. The van der Waals surface area contributed by atoms with Gasteiger partial charge in [-0.05, 0) is 36.1 Å². The fraction of sp³-hybridized carbons (Fsp3) is 0.133. The van der Waals surface area contributed by atoms with Crippen LogP contribution in [0.15, 0.2) is 54.9 Å². The highest BCUT2D eigenvalue weighted by Crippen LogP contribution is 2.17. The third-order valence-corrected chi connectivity index (χ3v) is 3.06. The van der Waals surface area contributed by atoms with E-state index in [0.29, 0.717) is 0 Å². The SMILES string of the molecule is c1ccc(CCc2c[nH]c3ncccc23)cc1. The molecule has 0 radical (unpaired) electrons. The van der Waals surface area contributed by atoms with Gasteiger partial charge >= 0.3 is 0 Å². The van der Waals surface area contributed by atoms with Crippen molar-refractivity contribution in [2.75, 3.05) is 0 Å². The number of aryl methyl sites for hydroxylation is 2. The third kappa shape index (κ3) is 2.07. The highest BCUT2D eigenvalue weighted by atomic mass is 14.8. The highest BCUT2D eigenvalue weighted by Gasteiger charge is 2.03. The topological polar surface area (TPSA) is 28.7 Å². The molecule has 0 saturated heterocycles. The zero-order chi connectivity index (χ0) is 11.5. The Hall–Kier alpha value is -2.09. The number of nitrogens with zero attached hydrogens (tertiary/aromatic N) is 1. The number of benzene rings is 1. The summed E-state index contributed by atoms with van der Waals surface area (Å²) in [5.41, 5.74) is 3.71. The largest absolute Gasteiger partial charge is 0.346 e. The van der Waals surface area contributed by atoms with Gasteiger partial charge in [-0.1, -0.05) is 30.3 Å². The predicted molar refractivity (Wildman–Crippen MR) is 69.9 cm³/mol. The van der Waals surface area contributed by atoms with Crippen LogP contribution in [0.25, 0.3) is 11.0 Å². The Morgan fingerprint density at radius 3 is 2.71 bits per heavy atom. The van der Waals surface area contributed by atoms with E-state index >= 15 is 0 Å². The summed E-state index contributed by atoms with van der Waals surface area (Å²) >= 11 is 0. The first-order valence-corrected chi connectivity index (χ1v) is 5.88. The van der Waals surface area contributed by atoms with Crippen molar-refractivity contribution >= 4 is 11.0 Å². The van der Waals surface area contributed by atoms with Crippen LogP contribution in [0.1, 0.15) is 11.1 Å². The van der Waals surface area contributed by atoms with Gasteiger partial charge in [0.15, 0.2) is 0 Å². The van der Waals surface area contributed by atoms with Crippen molar-refractivity contribution in [2.24, 2.45) is 0 Å². The van der Waals surface area contributed by atoms with Gasteiger partial charge in [0, 0.05) is 17.8 Å². The Labute approximate surface area is 100 Å². The smallest absolute Gasteiger partial charge is 0.137 e. The molecule has 1 aromatic carbocycles. The van der Waals surface area contributed by atoms with Crippen LogP contribution in [-0.2, 0) is 12.8 Å². The standard InChI is InChI=1S/C15H14N2/c1-2-5-12(6-3-1)8-9-13-11-17-15-14(13)7-4-10-16-15/h1-7,10-11H,8-9H2,(H,16,17). The molecule has 0 amide bonds. The van der Waals surface area contributed by atoms with E-state index in [4.69, 9.17) is 0 Å². The second kappa shape index (κ2) is 4.42. The van der Waals surface area contributed by atoms with E-state index in [-0.39, 0.29) is 0 Å². The van der Waals surface area contributed by atoms with Crippen LogP contribution in [0.3, 0.4) is 0 Å². The minimum Gasteiger partial charge on any atom is -0.346 e. The molecule has 0 unspecified atom stereocenters. The number of pyridine rings is 1. The van der Waals surface area contributed by atoms with E-state index in [0.717, 1.165) is 18.5 Å². The molecule has 2 aromatic heterocycles. The average molecular weight is 222 g/mol. The lowest BCUT2D eigenvalue weighted by Gasteiger charge is -2.00. The van der Waals surface area contributed by atoms with Gasteiger partial charge in [0.2, 0.25) is 0 Å². The number of aromatic amines is 1. The molecular formula is C15H14N2. The molecule has 0 aliphatic heterocycles. The molecule has 0 aliphatic carbocycles. The molecule has 2 nitrogen and oxygen atoms in total. The number of fused-ring (bicyclic) bond motifs is 1. The summed E-state index contributed by atoms with van der Waals surface area (Å²) in [5, 5.41) is 1.24. The molecule has 3 rings (SSSR count). The van der Waals surface area contributed by atoms with Crippen molar-refractivity contribution in [1.29, 1.82) is 0 Å². The Morgan fingerprint density at radius 1 is 0.941 bits per heavy atom. The van der Waals surface area contributed by atoms with Gasteiger partial charge in [-0.15, -0.1) is 0 Å². The van der Waals surface area contributed by atoms with Crippen LogP contribution < -0.4 is 0 Å². The summed E-state index contributed by atoms with van der Waals surface area (Å²) in [6, 6.07) is 14.7. The predicted octanol–water partition coefficient (Wildman–Crippen LogP) is 3.35. The van der Waals surface area contributed by atoms with Crippen molar-refractivity contribution in [3.8, 4) is 0 Å². The molecule has 0 spiro atoms. The first kappa shape index (κ1) is 10.1. The maximum absolute atomic E-state index is 4.30. The number of hydrogen-bond donors (Lipinski definition) is 1. The Balaban J connectivity index is 1.82. The average Bonchev–Trinajstić information content (AvgIpc) is 2.81. The number of nitrogens with one attached hydrogen (secondary N) is 1. The maximum atomic E-state index is 4.30. The highest BCUT2D eigenvalue weighted by molar-refractivity contribution is 5.79. The van der Waals surface area contributed by atoms with E-state index in [1.807, 2.05) is 12.3 Å². The summed E-state index contributed by atoms with van der Waals surface area (Å²) in [4.78, 5) is 7.51. The molecule has 84 valence electrons. The first-order valence-electron chi connectivity index (χ1n) is 5.88. The number of hydrogen-bond acceptors (Lipinski definition) is 1. The van der Waals surface area contributed by atoms with E-state index < -0.39 is 0 Å². The molecular weight excluding hydrogens is 208 g/mol. The van der Waals surface area contributed by atoms with Crippen LogP contribution in [-0.4, -0.2) is 9.97 Å². The summed E-state index contributed by atoms with van der Waals surface area (Å²) in [6.45, 7) is 0. The van der Waals surface area contributed by atoms with E-state index in [2.05, 4.69) is 52.6 Å². The van der Waals surface area contributed by atoms with Crippen molar-refractivity contribution in [3.63, 3.8) is 0 Å². The normalized spacial score (nSPS) is 10.8. The number of H-pyrrole nitrogens is 1. The molecule has 2 heterocycles. The molecule has 0 atom stereocenters. The Bertz CT molecular complexity index is 611. The second-order valence-electron chi connectivity index (χ2n) is 4.20. The third-order valence-electron chi connectivity index (χ3n) is 3.06. The van der Waals surface area contributed by atoms with Gasteiger partial charge in [-0.3, -0.25) is 0 Å². The quantitative estimate of drug-likeness (QED) is 0.723. The summed E-state index contributed by atoms with van der Waals surface area (Å²) in [7, 11) is 0. The van der Waals surface area contributed by atoms with Crippen molar-refractivity contribution in [1.82, 2.24) is 9.97 Å². The van der Waals surface area contributed by atoms with Gasteiger partial charge in [0.25, 0.3) is 0 Å². The molecule has 0 fully saturated rings. The lowest BCUT2D eigenvalue weighted by Crippen LogP contribution is -1.89. The van der Waals surface area contributed by atoms with Crippen LogP contribution >= 0.6 is 0 Å². The minimum absolute atomic E-state index is 0.982. The van der Waals surface area contributed by atoms with Crippen LogP contribution in [0.2, 0.25) is 0 Å². The number of rotatable bonds is 3. The van der Waals surface area contributed by atoms with Crippen LogP contribution in [0.4, 0.5) is 0 Å². The molecule has 3 aromatic rings. The Kier molecular flexibility index (Phi) is 2.62. The Morgan fingerprint density at radius 2 is 1.82 bits per heavy atom. The second-order valence-corrected chi connectivity index (χ2v) is 4.20. The molecule has 0 bridgehead atoms.